The van der Waals surface area contributed by atoms with E-state index >= 15 is 0 Å². The fourth-order valence-corrected chi connectivity index (χ4v) is 3.78. The first-order valence-electron chi connectivity index (χ1n) is 10.1. The van der Waals surface area contributed by atoms with Crippen molar-refractivity contribution in [1.29, 1.82) is 0 Å². The summed E-state index contributed by atoms with van der Waals surface area (Å²) in [6.07, 6.45) is 4.69. The van der Waals surface area contributed by atoms with Gasteiger partial charge in [0, 0.05) is 5.92 Å². The maximum Gasteiger partial charge on any atom is 0.223 e. The minimum atomic E-state index is -0.114. The van der Waals surface area contributed by atoms with Crippen molar-refractivity contribution in [2.45, 2.75) is 38.5 Å². The number of hydrogen-bond acceptors (Lipinski definition) is 4. The van der Waals surface area contributed by atoms with Crippen molar-refractivity contribution in [2.75, 3.05) is 6.61 Å². The lowest BCUT2D eigenvalue weighted by Gasteiger charge is -2.22. The maximum atomic E-state index is 13.2. The summed E-state index contributed by atoms with van der Waals surface area (Å²) in [4.78, 5) is 13.2. The average Bonchev–Trinajstić information content (AvgIpc) is 3.18. The zero-order valence-corrected chi connectivity index (χ0v) is 16.4. The molecule has 0 spiro atoms. The lowest BCUT2D eigenvalue weighted by molar-refractivity contribution is -0.126. The molecule has 1 aliphatic rings. The highest BCUT2D eigenvalue weighted by Crippen LogP contribution is 2.18. The van der Waals surface area contributed by atoms with E-state index in [2.05, 4.69) is 39.9 Å². The minimum Gasteiger partial charge on any atom is -0.357 e. The number of aromatic nitrogens is 3. The topological polar surface area (TPSA) is 69.0 Å². The van der Waals surface area contributed by atoms with Crippen LogP contribution >= 0.6 is 0 Å². The molecule has 0 saturated heterocycles. The van der Waals surface area contributed by atoms with Gasteiger partial charge in [-0.2, -0.15) is 0 Å². The van der Waals surface area contributed by atoms with E-state index in [0.29, 0.717) is 19.8 Å². The van der Waals surface area contributed by atoms with E-state index < -0.39 is 0 Å². The van der Waals surface area contributed by atoms with Crippen LogP contribution in [0.2, 0.25) is 0 Å². The van der Waals surface area contributed by atoms with Gasteiger partial charge in [-0.05, 0) is 36.8 Å². The Morgan fingerprint density at radius 3 is 2.41 bits per heavy atom. The van der Waals surface area contributed by atoms with Crippen molar-refractivity contribution in [3.63, 3.8) is 0 Å². The number of nitrogens with one attached hydrogen (secondary N) is 1. The van der Waals surface area contributed by atoms with E-state index in [0.717, 1.165) is 25.0 Å². The molecular formula is C23H26N4O2. The second kappa shape index (κ2) is 9.47. The number of amides is 1. The molecule has 0 fully saturated rings. The van der Waals surface area contributed by atoms with Crippen molar-refractivity contribution in [1.82, 2.24) is 20.3 Å². The van der Waals surface area contributed by atoms with Crippen LogP contribution in [-0.2, 0) is 35.5 Å². The van der Waals surface area contributed by atoms with Gasteiger partial charge in [0.05, 0.1) is 24.5 Å². The number of nitrogens with zero attached hydrogens (tertiary/aromatic N) is 3. The Labute approximate surface area is 170 Å². The summed E-state index contributed by atoms with van der Waals surface area (Å²) in [5.41, 5.74) is 3.35. The van der Waals surface area contributed by atoms with E-state index in [1.807, 2.05) is 36.4 Å². The van der Waals surface area contributed by atoms with E-state index in [1.54, 1.807) is 10.9 Å². The summed E-state index contributed by atoms with van der Waals surface area (Å²) in [6.45, 7) is 0.776. The first-order chi connectivity index (χ1) is 14.3. The summed E-state index contributed by atoms with van der Waals surface area (Å²) < 4.78 is 7.67. The molecule has 150 valence electrons. The Morgan fingerprint density at radius 2 is 1.69 bits per heavy atom. The Bertz CT molecular complexity index is 911. The van der Waals surface area contributed by atoms with E-state index in [1.165, 1.54) is 11.1 Å². The largest absolute Gasteiger partial charge is 0.357 e. The molecule has 29 heavy (non-hydrogen) atoms. The van der Waals surface area contributed by atoms with Gasteiger partial charge in [-0.3, -0.25) is 4.79 Å². The standard InChI is InChI=1S/C23H26N4O2/c28-23-20(13-18-7-3-1-4-8-18)11-12-22-15-24-26-27(22)17-29-16-21(25-23)14-19-9-5-2-6-10-19/h1-10,15,20-21H,11-14,16-17H2,(H,25,28)/t20-,21-/m0/s1. The Balaban J connectivity index is 1.54. The van der Waals surface area contributed by atoms with Crippen LogP contribution in [0.5, 0.6) is 0 Å². The third kappa shape index (κ3) is 5.29. The molecule has 1 aromatic heterocycles. The molecule has 2 atom stereocenters. The quantitative estimate of drug-likeness (QED) is 0.744. The van der Waals surface area contributed by atoms with Crippen LogP contribution in [0.15, 0.2) is 66.9 Å². The van der Waals surface area contributed by atoms with Crippen LogP contribution < -0.4 is 5.32 Å². The number of carbonyl (C=O) groups excluding carboxylic acids is 1. The SMILES string of the molecule is O=C1N[C@@H](Cc2ccccc2)COCn2nncc2CC[C@H]1Cc1ccccc1. The Kier molecular flexibility index (Phi) is 6.32. The lowest BCUT2D eigenvalue weighted by atomic mass is 9.92. The van der Waals surface area contributed by atoms with Crippen molar-refractivity contribution < 1.29 is 9.53 Å². The number of benzene rings is 2. The molecule has 3 aromatic rings. The predicted molar refractivity (Wildman–Crippen MR) is 110 cm³/mol. The highest BCUT2D eigenvalue weighted by atomic mass is 16.5. The number of fused-ring (bicyclic) bond motifs is 1. The average molecular weight is 390 g/mol. The molecule has 6 heteroatoms. The van der Waals surface area contributed by atoms with Crippen molar-refractivity contribution >= 4 is 5.91 Å². The highest BCUT2D eigenvalue weighted by molar-refractivity contribution is 5.79. The van der Waals surface area contributed by atoms with Gasteiger partial charge in [-0.15, -0.1) is 5.10 Å². The van der Waals surface area contributed by atoms with Gasteiger partial charge in [0.25, 0.3) is 0 Å². The maximum absolute atomic E-state index is 13.2. The fourth-order valence-electron chi connectivity index (χ4n) is 3.78. The molecule has 1 amide bonds. The number of hydrogen-bond donors (Lipinski definition) is 1. The van der Waals surface area contributed by atoms with Crippen LogP contribution in [0.4, 0.5) is 0 Å². The summed E-state index contributed by atoms with van der Waals surface area (Å²) >= 11 is 0. The van der Waals surface area contributed by atoms with Gasteiger partial charge in [0.1, 0.15) is 6.73 Å². The van der Waals surface area contributed by atoms with E-state index in [9.17, 15) is 4.79 Å². The molecule has 1 N–H and O–H groups in total. The lowest BCUT2D eigenvalue weighted by Crippen LogP contribution is -2.43. The van der Waals surface area contributed by atoms with Crippen LogP contribution in [0.3, 0.4) is 0 Å². The smallest absolute Gasteiger partial charge is 0.223 e. The van der Waals surface area contributed by atoms with Crippen LogP contribution in [0.1, 0.15) is 23.2 Å². The monoisotopic (exact) mass is 390 g/mol. The minimum absolute atomic E-state index is 0.0827. The van der Waals surface area contributed by atoms with E-state index in [4.69, 9.17) is 4.74 Å². The van der Waals surface area contributed by atoms with Gasteiger partial charge in [0.15, 0.2) is 0 Å². The molecule has 0 unspecified atom stereocenters. The van der Waals surface area contributed by atoms with Crippen LogP contribution in [0, 0.1) is 5.92 Å². The molecule has 0 bridgehead atoms. The molecule has 1 aliphatic heterocycles. The van der Waals surface area contributed by atoms with Crippen molar-refractivity contribution in [3.8, 4) is 0 Å². The predicted octanol–water partition coefficient (Wildman–Crippen LogP) is 2.78. The summed E-state index contributed by atoms with van der Waals surface area (Å²) in [6, 6.07) is 20.3. The molecule has 4 rings (SSSR count). The van der Waals surface area contributed by atoms with E-state index in [-0.39, 0.29) is 17.9 Å². The second-order valence-electron chi connectivity index (χ2n) is 7.55. The molecule has 0 aliphatic carbocycles. The van der Waals surface area contributed by atoms with Gasteiger partial charge in [-0.25, -0.2) is 4.68 Å². The number of rotatable bonds is 4. The first-order valence-corrected chi connectivity index (χ1v) is 10.1. The van der Waals surface area contributed by atoms with Gasteiger partial charge < -0.3 is 10.1 Å². The van der Waals surface area contributed by atoms with Crippen molar-refractivity contribution in [2.24, 2.45) is 5.92 Å². The summed E-state index contributed by atoms with van der Waals surface area (Å²) in [5, 5.41) is 11.4. The number of aryl methyl sites for hydroxylation is 1. The number of ether oxygens (including phenoxy) is 1. The zero-order valence-electron chi connectivity index (χ0n) is 16.4. The highest BCUT2D eigenvalue weighted by Gasteiger charge is 2.24. The Hall–Kier alpha value is -2.99. The molecule has 2 aromatic carbocycles. The van der Waals surface area contributed by atoms with Gasteiger partial charge in [0.2, 0.25) is 5.91 Å². The molecular weight excluding hydrogens is 364 g/mol. The normalized spacial score (nSPS) is 20.3. The van der Waals surface area contributed by atoms with Gasteiger partial charge in [-0.1, -0.05) is 65.9 Å². The fraction of sp³-hybridized carbons (Fsp3) is 0.348. The summed E-state index contributed by atoms with van der Waals surface area (Å²) in [5.74, 6) is -0.0311. The summed E-state index contributed by atoms with van der Waals surface area (Å²) in [7, 11) is 0. The number of carbonyl (C=O) groups is 1. The van der Waals surface area contributed by atoms with Gasteiger partial charge >= 0.3 is 0 Å². The molecule has 0 radical (unpaired) electrons. The third-order valence-corrected chi connectivity index (χ3v) is 5.35. The van der Waals surface area contributed by atoms with Crippen LogP contribution in [0.25, 0.3) is 0 Å². The molecule has 2 heterocycles. The third-order valence-electron chi connectivity index (χ3n) is 5.35. The second-order valence-corrected chi connectivity index (χ2v) is 7.55. The first kappa shape index (κ1) is 19.3. The molecule has 6 nitrogen and oxygen atoms in total. The molecule has 0 saturated carbocycles. The van der Waals surface area contributed by atoms with Crippen LogP contribution in [-0.4, -0.2) is 33.5 Å². The Morgan fingerprint density at radius 1 is 1.00 bits per heavy atom. The van der Waals surface area contributed by atoms with Crippen molar-refractivity contribution in [3.05, 3.63) is 83.7 Å². The zero-order chi connectivity index (χ0) is 19.9.